The van der Waals surface area contributed by atoms with Crippen molar-refractivity contribution in [1.29, 1.82) is 0 Å². The number of fused-ring (bicyclic) bond motifs is 1. The Morgan fingerprint density at radius 2 is 2.14 bits per heavy atom. The maximum absolute atomic E-state index is 11.9. The van der Waals surface area contributed by atoms with Crippen molar-refractivity contribution in [2.24, 2.45) is 0 Å². The summed E-state index contributed by atoms with van der Waals surface area (Å²) in [4.78, 5) is 16.5. The number of carbonyl (C=O) groups is 1. The van der Waals surface area contributed by atoms with Crippen molar-refractivity contribution >= 4 is 27.5 Å². The summed E-state index contributed by atoms with van der Waals surface area (Å²) in [5.41, 5.74) is 2.55. The van der Waals surface area contributed by atoms with Crippen molar-refractivity contribution in [3.8, 4) is 0 Å². The molecule has 1 heterocycles. The molecule has 116 valence electrons. The summed E-state index contributed by atoms with van der Waals surface area (Å²) >= 11 is 1.69. The molecule has 22 heavy (non-hydrogen) atoms. The van der Waals surface area contributed by atoms with Crippen LogP contribution in [0.4, 0.5) is 0 Å². The molecule has 0 fully saturated rings. The minimum absolute atomic E-state index is 0.135. The van der Waals surface area contributed by atoms with Gasteiger partial charge in [-0.25, -0.2) is 4.98 Å². The second kappa shape index (κ2) is 7.54. The van der Waals surface area contributed by atoms with E-state index in [0.29, 0.717) is 6.42 Å². The van der Waals surface area contributed by atoms with Gasteiger partial charge < -0.3 is 5.32 Å². The molecule has 0 radical (unpaired) electrons. The van der Waals surface area contributed by atoms with E-state index in [1.54, 1.807) is 11.3 Å². The molecule has 1 aliphatic carbocycles. The van der Waals surface area contributed by atoms with Gasteiger partial charge in [-0.1, -0.05) is 23.8 Å². The first-order valence-corrected chi connectivity index (χ1v) is 8.92. The number of aryl methyl sites for hydroxylation is 1. The number of hydrogen-bond acceptors (Lipinski definition) is 3. The Kier molecular flexibility index (Phi) is 5.22. The van der Waals surface area contributed by atoms with Gasteiger partial charge in [0.1, 0.15) is 0 Å². The molecular formula is C18H22N2OS. The summed E-state index contributed by atoms with van der Waals surface area (Å²) in [5, 5.41) is 4.08. The fourth-order valence-corrected chi connectivity index (χ4v) is 3.80. The van der Waals surface area contributed by atoms with Crippen molar-refractivity contribution in [2.45, 2.75) is 44.9 Å². The van der Waals surface area contributed by atoms with Crippen LogP contribution < -0.4 is 5.32 Å². The zero-order valence-corrected chi connectivity index (χ0v) is 13.6. The van der Waals surface area contributed by atoms with E-state index in [4.69, 9.17) is 0 Å². The maximum atomic E-state index is 11.9. The van der Waals surface area contributed by atoms with Gasteiger partial charge in [0.15, 0.2) is 0 Å². The van der Waals surface area contributed by atoms with Crippen molar-refractivity contribution in [3.05, 3.63) is 40.9 Å². The topological polar surface area (TPSA) is 42.0 Å². The predicted octanol–water partition coefficient (Wildman–Crippen LogP) is 4.24. The van der Waals surface area contributed by atoms with Crippen LogP contribution in [0.5, 0.6) is 0 Å². The second-order valence-corrected chi connectivity index (χ2v) is 6.90. The number of nitrogens with one attached hydrogen (secondary N) is 1. The lowest BCUT2D eigenvalue weighted by molar-refractivity contribution is -0.121. The Labute approximate surface area is 135 Å². The van der Waals surface area contributed by atoms with Gasteiger partial charge in [0, 0.05) is 19.4 Å². The molecule has 0 aliphatic heterocycles. The average Bonchev–Trinajstić information content (AvgIpc) is 2.97. The molecule has 4 heteroatoms. The second-order valence-electron chi connectivity index (χ2n) is 5.78. The first-order valence-electron chi connectivity index (χ1n) is 8.10. The molecule has 0 spiro atoms. The fourth-order valence-electron chi connectivity index (χ4n) is 2.83. The third kappa shape index (κ3) is 4.17. The first kappa shape index (κ1) is 15.2. The SMILES string of the molecule is O=C(CCc1nc2ccccc2s1)NCCC1=CCCCC1. The molecule has 1 amide bonds. The summed E-state index contributed by atoms with van der Waals surface area (Å²) in [6, 6.07) is 8.12. The van der Waals surface area contributed by atoms with E-state index in [-0.39, 0.29) is 5.91 Å². The van der Waals surface area contributed by atoms with E-state index >= 15 is 0 Å². The van der Waals surface area contributed by atoms with Crippen LogP contribution in [0.3, 0.4) is 0 Å². The molecule has 1 aromatic carbocycles. The lowest BCUT2D eigenvalue weighted by Crippen LogP contribution is -2.25. The molecule has 1 aromatic heterocycles. The minimum Gasteiger partial charge on any atom is -0.356 e. The van der Waals surface area contributed by atoms with E-state index in [0.717, 1.165) is 29.9 Å². The average molecular weight is 314 g/mol. The Morgan fingerprint density at radius 3 is 2.95 bits per heavy atom. The molecule has 1 aliphatic rings. The molecule has 0 saturated heterocycles. The highest BCUT2D eigenvalue weighted by atomic mass is 32.1. The smallest absolute Gasteiger partial charge is 0.220 e. The molecule has 1 N–H and O–H groups in total. The van der Waals surface area contributed by atoms with Gasteiger partial charge in [-0.05, 0) is 44.2 Å². The number of carbonyl (C=O) groups excluding carboxylic acids is 1. The van der Waals surface area contributed by atoms with Crippen molar-refractivity contribution < 1.29 is 4.79 Å². The number of benzene rings is 1. The Bertz CT molecular complexity index is 642. The summed E-state index contributed by atoms with van der Waals surface area (Å²) in [6.07, 6.45) is 9.65. The van der Waals surface area contributed by atoms with Crippen molar-refractivity contribution in [2.75, 3.05) is 6.54 Å². The van der Waals surface area contributed by atoms with E-state index in [1.165, 1.54) is 36.0 Å². The Balaban J connectivity index is 1.41. The maximum Gasteiger partial charge on any atom is 0.220 e. The van der Waals surface area contributed by atoms with E-state index in [9.17, 15) is 4.79 Å². The van der Waals surface area contributed by atoms with Crippen molar-refractivity contribution in [1.82, 2.24) is 10.3 Å². The molecule has 3 nitrogen and oxygen atoms in total. The van der Waals surface area contributed by atoms with E-state index < -0.39 is 0 Å². The van der Waals surface area contributed by atoms with Crippen LogP contribution in [0.25, 0.3) is 10.2 Å². The number of nitrogens with zero attached hydrogens (tertiary/aromatic N) is 1. The predicted molar refractivity (Wildman–Crippen MR) is 92.1 cm³/mol. The lowest BCUT2D eigenvalue weighted by Gasteiger charge is -2.12. The molecule has 3 rings (SSSR count). The van der Waals surface area contributed by atoms with Crippen LogP contribution in [-0.4, -0.2) is 17.4 Å². The number of allylic oxidation sites excluding steroid dienone is 1. The number of amides is 1. The van der Waals surface area contributed by atoms with Crippen molar-refractivity contribution in [3.63, 3.8) is 0 Å². The number of aromatic nitrogens is 1. The van der Waals surface area contributed by atoms with Gasteiger partial charge in [-0.3, -0.25) is 4.79 Å². The summed E-state index contributed by atoms with van der Waals surface area (Å²) < 4.78 is 1.20. The largest absolute Gasteiger partial charge is 0.356 e. The van der Waals surface area contributed by atoms with Crippen LogP contribution in [0.2, 0.25) is 0 Å². The van der Waals surface area contributed by atoms with Gasteiger partial charge in [-0.2, -0.15) is 0 Å². The quantitative estimate of drug-likeness (QED) is 0.811. The standard InChI is InChI=1S/C18H22N2OS/c21-17(19-13-12-14-6-2-1-3-7-14)10-11-18-20-15-8-4-5-9-16(15)22-18/h4-6,8-9H,1-3,7,10-13H2,(H,19,21). The number of thiazole rings is 1. The summed E-state index contributed by atoms with van der Waals surface area (Å²) in [5.74, 6) is 0.135. The van der Waals surface area contributed by atoms with E-state index in [1.807, 2.05) is 18.2 Å². The molecular weight excluding hydrogens is 292 g/mol. The molecule has 0 saturated carbocycles. The zero-order chi connectivity index (χ0) is 15.2. The highest BCUT2D eigenvalue weighted by molar-refractivity contribution is 7.18. The van der Waals surface area contributed by atoms with Crippen LogP contribution in [0.15, 0.2) is 35.9 Å². The normalized spacial score (nSPS) is 14.8. The Morgan fingerprint density at radius 1 is 1.23 bits per heavy atom. The van der Waals surface area contributed by atoms with E-state index in [2.05, 4.69) is 22.4 Å². The molecule has 2 aromatic rings. The van der Waals surface area contributed by atoms with Crippen LogP contribution in [-0.2, 0) is 11.2 Å². The van der Waals surface area contributed by atoms with Gasteiger partial charge in [0.05, 0.1) is 15.2 Å². The third-order valence-electron chi connectivity index (χ3n) is 4.06. The summed E-state index contributed by atoms with van der Waals surface area (Å²) in [6.45, 7) is 0.768. The lowest BCUT2D eigenvalue weighted by atomic mass is 9.97. The third-order valence-corrected chi connectivity index (χ3v) is 5.15. The monoisotopic (exact) mass is 314 g/mol. The zero-order valence-electron chi connectivity index (χ0n) is 12.8. The molecule has 0 unspecified atom stereocenters. The number of para-hydroxylation sites is 1. The Hall–Kier alpha value is -1.68. The van der Waals surface area contributed by atoms with Gasteiger partial charge in [0.25, 0.3) is 0 Å². The fraction of sp³-hybridized carbons (Fsp3) is 0.444. The first-order chi connectivity index (χ1) is 10.8. The highest BCUT2D eigenvalue weighted by Crippen LogP contribution is 2.22. The minimum atomic E-state index is 0.135. The molecule has 0 atom stereocenters. The number of hydrogen-bond donors (Lipinski definition) is 1. The van der Waals surface area contributed by atoms with Crippen LogP contribution in [0.1, 0.15) is 43.5 Å². The van der Waals surface area contributed by atoms with Gasteiger partial charge in [0.2, 0.25) is 5.91 Å². The number of rotatable bonds is 6. The van der Waals surface area contributed by atoms with Crippen LogP contribution >= 0.6 is 11.3 Å². The van der Waals surface area contributed by atoms with Gasteiger partial charge >= 0.3 is 0 Å². The van der Waals surface area contributed by atoms with Crippen LogP contribution in [0, 0.1) is 0 Å². The van der Waals surface area contributed by atoms with Gasteiger partial charge in [-0.15, -0.1) is 11.3 Å². The highest BCUT2D eigenvalue weighted by Gasteiger charge is 2.08. The molecule has 0 bridgehead atoms. The summed E-state index contributed by atoms with van der Waals surface area (Å²) in [7, 11) is 0.